The molecular formula is C27H22Cl2F2N2O5S. The van der Waals surface area contributed by atoms with Crippen LogP contribution in [0, 0.1) is 11.6 Å². The second kappa shape index (κ2) is 11.4. The van der Waals surface area contributed by atoms with Gasteiger partial charge in [0.25, 0.3) is 0 Å². The minimum Gasteiger partial charge on any atom is -0.461 e. The van der Waals surface area contributed by atoms with Gasteiger partial charge in [0.2, 0.25) is 5.91 Å². The van der Waals surface area contributed by atoms with Crippen molar-refractivity contribution in [3.8, 4) is 0 Å². The molecule has 39 heavy (non-hydrogen) atoms. The number of hydrogen-bond acceptors (Lipinski definition) is 7. The summed E-state index contributed by atoms with van der Waals surface area (Å²) in [5, 5.41) is -1.63. The summed E-state index contributed by atoms with van der Waals surface area (Å²) in [5.74, 6) is -4.18. The number of carbonyl (C=O) groups excluding carboxylic acids is 3. The molecule has 1 unspecified atom stereocenters. The molecule has 7 nitrogen and oxygen atoms in total. The predicted molar refractivity (Wildman–Crippen MR) is 146 cm³/mol. The van der Waals surface area contributed by atoms with Gasteiger partial charge in [0.15, 0.2) is 5.69 Å². The molecule has 1 aliphatic heterocycles. The van der Waals surface area contributed by atoms with Crippen LogP contribution >= 0.6 is 35.0 Å². The van der Waals surface area contributed by atoms with Gasteiger partial charge in [0, 0.05) is 21.4 Å². The van der Waals surface area contributed by atoms with Gasteiger partial charge >= 0.3 is 11.9 Å². The number of esters is 2. The third-order valence-electron chi connectivity index (χ3n) is 5.69. The number of ether oxygens (including phenoxy) is 2. The maximum atomic E-state index is 15.0. The summed E-state index contributed by atoms with van der Waals surface area (Å²) >= 11 is 13.2. The predicted octanol–water partition coefficient (Wildman–Crippen LogP) is 4.85. The Balaban J connectivity index is 2.18. The molecule has 1 aromatic heterocycles. The highest BCUT2D eigenvalue weighted by atomic mass is 35.5. The minimum atomic E-state index is -1.40. The zero-order chi connectivity index (χ0) is 28.6. The Labute approximate surface area is 236 Å². The summed E-state index contributed by atoms with van der Waals surface area (Å²) in [6.45, 7) is 4.73. The Morgan fingerprint density at radius 2 is 1.74 bits per heavy atom. The lowest BCUT2D eigenvalue weighted by atomic mass is 10.1. The molecule has 0 spiro atoms. The zero-order valence-electron chi connectivity index (χ0n) is 20.9. The molecule has 2 N–H and O–H groups in total. The molecule has 0 aliphatic carbocycles. The highest BCUT2D eigenvalue weighted by molar-refractivity contribution is 8.10. The quantitative estimate of drug-likeness (QED) is 0.407. The molecule has 2 aromatic carbocycles. The number of fused-ring (bicyclic) bond motifs is 1. The summed E-state index contributed by atoms with van der Waals surface area (Å²) in [4.78, 5) is 40.3. The first-order valence-corrected chi connectivity index (χ1v) is 13.3. The second-order valence-electron chi connectivity index (χ2n) is 8.61. The molecule has 0 fully saturated rings. The Morgan fingerprint density at radius 3 is 2.33 bits per heavy atom. The Morgan fingerprint density at radius 1 is 1.10 bits per heavy atom. The van der Waals surface area contributed by atoms with Crippen LogP contribution in [0.2, 0.25) is 10.0 Å². The Kier molecular flexibility index (Phi) is 8.39. The topological polar surface area (TPSA) is 101 Å². The maximum absolute atomic E-state index is 15.0. The lowest BCUT2D eigenvalue weighted by molar-refractivity contribution is -0.139. The second-order valence-corrected chi connectivity index (χ2v) is 10.5. The molecule has 4 rings (SSSR count). The van der Waals surface area contributed by atoms with Crippen molar-refractivity contribution in [1.29, 1.82) is 0 Å². The van der Waals surface area contributed by atoms with Crippen molar-refractivity contribution in [3.05, 3.63) is 85.5 Å². The molecule has 0 bridgehead atoms. The summed E-state index contributed by atoms with van der Waals surface area (Å²) < 4.78 is 41.2. The average molecular weight is 595 g/mol. The van der Waals surface area contributed by atoms with Gasteiger partial charge in [0.05, 0.1) is 28.8 Å². The lowest BCUT2D eigenvalue weighted by Crippen LogP contribution is -2.43. The normalized spacial score (nSPS) is 15.5. The fourth-order valence-electron chi connectivity index (χ4n) is 4.09. The van der Waals surface area contributed by atoms with Crippen LogP contribution in [0.3, 0.4) is 0 Å². The summed E-state index contributed by atoms with van der Waals surface area (Å²) in [6, 6.07) is 7.88. The maximum Gasteiger partial charge on any atom is 0.357 e. The van der Waals surface area contributed by atoms with Crippen molar-refractivity contribution in [2.75, 3.05) is 12.3 Å². The van der Waals surface area contributed by atoms with Crippen molar-refractivity contribution in [1.82, 2.24) is 4.57 Å². The fourth-order valence-corrected chi connectivity index (χ4v) is 5.90. The van der Waals surface area contributed by atoms with Crippen LogP contribution in [-0.2, 0) is 14.3 Å². The molecular weight excluding hydrogens is 573 g/mol. The molecule has 0 radical (unpaired) electrons. The van der Waals surface area contributed by atoms with Crippen molar-refractivity contribution in [2.45, 2.75) is 32.1 Å². The highest BCUT2D eigenvalue weighted by Crippen LogP contribution is 2.43. The molecule has 12 heteroatoms. The van der Waals surface area contributed by atoms with E-state index in [2.05, 4.69) is 0 Å². The van der Waals surface area contributed by atoms with Crippen LogP contribution in [-0.4, -0.2) is 35.1 Å². The molecule has 0 saturated carbocycles. The number of nitrogens with zero attached hydrogens (tertiary/aromatic N) is 1. The van der Waals surface area contributed by atoms with Crippen LogP contribution in [0.25, 0.3) is 11.0 Å². The first-order chi connectivity index (χ1) is 18.5. The Hall–Kier alpha value is -3.34. The third-order valence-corrected chi connectivity index (χ3v) is 7.62. The summed E-state index contributed by atoms with van der Waals surface area (Å²) in [6.07, 6.45) is 0.659. The first-order valence-electron chi connectivity index (χ1n) is 11.7. The van der Waals surface area contributed by atoms with Gasteiger partial charge in [-0.1, -0.05) is 47.1 Å². The van der Waals surface area contributed by atoms with Crippen LogP contribution in [0.15, 0.2) is 36.4 Å². The first kappa shape index (κ1) is 28.7. The Bertz CT molecular complexity index is 1600. The number of carbonyl (C=O) groups is 3. The van der Waals surface area contributed by atoms with Gasteiger partial charge in [-0.3, -0.25) is 9.36 Å². The van der Waals surface area contributed by atoms with Crippen molar-refractivity contribution in [3.63, 3.8) is 0 Å². The van der Waals surface area contributed by atoms with Gasteiger partial charge in [-0.05, 0) is 51.1 Å². The fraction of sp³-hybridized carbons (Fsp3) is 0.222. The number of benzene rings is 2. The standard InChI is InChI=1S/C27H22Cl2F2N2O5S/c1-4-37-26(35)22-20(32)14(11-13-15(28)7-5-9-17(13)30)21-24(27(36)38-12(2)3)39-23(25(34)33(21)22)19-16(29)8-6-10-18(19)31/h5-12,23H,4,32H2,1-3H3/b14-11+. The number of thioether (sulfide) groups is 1. The number of rotatable bonds is 6. The van der Waals surface area contributed by atoms with Crippen LogP contribution < -0.4 is 16.3 Å². The average Bonchev–Trinajstić information content (AvgIpc) is 3.14. The molecule has 1 atom stereocenters. The van der Waals surface area contributed by atoms with Crippen LogP contribution in [0.1, 0.15) is 52.4 Å². The number of anilines is 1. The van der Waals surface area contributed by atoms with E-state index in [1.807, 2.05) is 0 Å². The van der Waals surface area contributed by atoms with E-state index in [-0.39, 0.29) is 48.9 Å². The summed E-state index contributed by atoms with van der Waals surface area (Å²) in [5.41, 5.74) is 5.41. The molecule has 204 valence electrons. The van der Waals surface area contributed by atoms with Crippen molar-refractivity contribution >= 4 is 69.5 Å². The van der Waals surface area contributed by atoms with Crippen LogP contribution in [0.4, 0.5) is 14.5 Å². The summed E-state index contributed by atoms with van der Waals surface area (Å²) in [7, 11) is 0. The van der Waals surface area contributed by atoms with E-state index in [1.54, 1.807) is 20.8 Å². The third kappa shape index (κ3) is 5.28. The highest BCUT2D eigenvalue weighted by Gasteiger charge is 2.40. The molecule has 0 saturated heterocycles. The van der Waals surface area contributed by atoms with Gasteiger partial charge in [-0.25, -0.2) is 18.4 Å². The monoisotopic (exact) mass is 594 g/mol. The van der Waals surface area contributed by atoms with Gasteiger partial charge in [0.1, 0.15) is 21.8 Å². The number of aromatic nitrogens is 1. The van der Waals surface area contributed by atoms with Crippen LogP contribution in [0.5, 0.6) is 0 Å². The van der Waals surface area contributed by atoms with Gasteiger partial charge < -0.3 is 15.2 Å². The van der Waals surface area contributed by atoms with Gasteiger partial charge in [-0.2, -0.15) is 0 Å². The number of nitrogen functional groups attached to an aromatic ring is 1. The molecule has 1 aliphatic rings. The SMILES string of the molecule is CCOC(=O)c1c(N)/c(=C\c2c(F)cccc2Cl)c2n1C(=O)C(c1c(F)cccc1Cl)SC=2C(=O)OC(C)C. The van der Waals surface area contributed by atoms with E-state index in [1.165, 1.54) is 30.3 Å². The van der Waals surface area contributed by atoms with E-state index < -0.39 is 46.5 Å². The lowest BCUT2D eigenvalue weighted by Gasteiger charge is -2.25. The van der Waals surface area contributed by atoms with E-state index in [9.17, 15) is 23.2 Å². The van der Waals surface area contributed by atoms with E-state index >= 15 is 0 Å². The zero-order valence-corrected chi connectivity index (χ0v) is 23.2. The molecule has 2 heterocycles. The molecule has 0 amide bonds. The van der Waals surface area contributed by atoms with Gasteiger partial charge in [-0.15, -0.1) is 0 Å². The largest absolute Gasteiger partial charge is 0.461 e. The van der Waals surface area contributed by atoms with E-state index in [0.29, 0.717) is 11.8 Å². The number of halogens is 4. The number of hydrogen-bond donors (Lipinski definition) is 1. The number of nitrogens with two attached hydrogens (primary N) is 1. The minimum absolute atomic E-state index is 0.0177. The van der Waals surface area contributed by atoms with E-state index in [4.69, 9.17) is 38.4 Å². The van der Waals surface area contributed by atoms with Crippen molar-refractivity contribution in [2.24, 2.45) is 0 Å². The van der Waals surface area contributed by atoms with Crippen molar-refractivity contribution < 1.29 is 32.6 Å². The van der Waals surface area contributed by atoms with E-state index in [0.717, 1.165) is 16.7 Å². The molecule has 3 aromatic rings. The smallest absolute Gasteiger partial charge is 0.357 e.